The minimum atomic E-state index is 0.0555. The first-order chi connectivity index (χ1) is 12.6. The number of nitrogens with one attached hydrogen (secondary N) is 2. The van der Waals surface area contributed by atoms with E-state index in [1.807, 2.05) is 61.5 Å². The summed E-state index contributed by atoms with van der Waals surface area (Å²) in [5.41, 5.74) is 8.14. The minimum absolute atomic E-state index is 0.0555. The second kappa shape index (κ2) is 8.49. The molecule has 7 heteroatoms. The first kappa shape index (κ1) is 17.9. The van der Waals surface area contributed by atoms with Crippen LogP contribution in [-0.4, -0.2) is 21.5 Å². The summed E-state index contributed by atoms with van der Waals surface area (Å²) < 4.78 is 0. The number of hydrogen-bond acceptors (Lipinski definition) is 6. The van der Waals surface area contributed by atoms with E-state index in [0.717, 1.165) is 17.0 Å². The lowest BCUT2D eigenvalue weighted by molar-refractivity contribution is 0.854. The van der Waals surface area contributed by atoms with Gasteiger partial charge in [0.05, 0.1) is 6.04 Å². The van der Waals surface area contributed by atoms with E-state index in [-0.39, 0.29) is 12.0 Å². The lowest BCUT2D eigenvalue weighted by Crippen LogP contribution is -2.14. The summed E-state index contributed by atoms with van der Waals surface area (Å²) in [5, 5.41) is 7.18. The Morgan fingerprint density at radius 1 is 0.962 bits per heavy atom. The third-order valence-corrected chi connectivity index (χ3v) is 4.16. The molecule has 6 nitrogen and oxygen atoms in total. The highest BCUT2D eigenvalue weighted by atomic mass is 35.5. The zero-order valence-corrected chi connectivity index (χ0v) is 15.2. The van der Waals surface area contributed by atoms with Gasteiger partial charge in [0.2, 0.25) is 17.8 Å². The number of aromatic nitrogens is 3. The number of nitrogens with zero attached hydrogens (tertiary/aromatic N) is 3. The van der Waals surface area contributed by atoms with Crippen LogP contribution in [-0.2, 0) is 6.42 Å². The Balaban J connectivity index is 1.61. The molecule has 134 valence electrons. The average Bonchev–Trinajstić information content (AvgIpc) is 2.64. The lowest BCUT2D eigenvalue weighted by Gasteiger charge is -2.15. The molecular weight excluding hydrogens is 348 g/mol. The van der Waals surface area contributed by atoms with E-state index in [1.165, 1.54) is 5.56 Å². The summed E-state index contributed by atoms with van der Waals surface area (Å²) in [6.07, 6.45) is 0.825. The standard InChI is InChI=1S/C19H21ClN6/c1-13(15-5-3-2-4-6-15)23-19-25-17(21)24-18(26-19)22-12-11-14-7-9-16(20)10-8-14/h2-10,13H,11-12H2,1H3,(H4,21,22,23,24,25,26)/t13-/m0/s1. The van der Waals surface area contributed by atoms with Gasteiger partial charge in [-0.2, -0.15) is 15.0 Å². The van der Waals surface area contributed by atoms with Gasteiger partial charge in [-0.25, -0.2) is 0 Å². The van der Waals surface area contributed by atoms with Gasteiger partial charge < -0.3 is 16.4 Å². The quantitative estimate of drug-likeness (QED) is 0.585. The van der Waals surface area contributed by atoms with Crippen LogP contribution in [0.3, 0.4) is 0 Å². The molecule has 0 fully saturated rings. The Morgan fingerprint density at radius 2 is 1.65 bits per heavy atom. The van der Waals surface area contributed by atoms with Gasteiger partial charge in [0.15, 0.2) is 0 Å². The van der Waals surface area contributed by atoms with Gasteiger partial charge in [0.25, 0.3) is 0 Å². The van der Waals surface area contributed by atoms with Crippen LogP contribution in [0.5, 0.6) is 0 Å². The SMILES string of the molecule is C[C@H](Nc1nc(N)nc(NCCc2ccc(Cl)cc2)n1)c1ccccc1. The van der Waals surface area contributed by atoms with Crippen molar-refractivity contribution in [3.63, 3.8) is 0 Å². The number of anilines is 3. The van der Waals surface area contributed by atoms with E-state index in [4.69, 9.17) is 17.3 Å². The number of benzene rings is 2. The highest BCUT2D eigenvalue weighted by Crippen LogP contribution is 2.17. The monoisotopic (exact) mass is 368 g/mol. The molecule has 2 aromatic carbocycles. The van der Waals surface area contributed by atoms with E-state index < -0.39 is 0 Å². The molecule has 0 amide bonds. The van der Waals surface area contributed by atoms with E-state index in [9.17, 15) is 0 Å². The second-order valence-electron chi connectivity index (χ2n) is 5.92. The summed E-state index contributed by atoms with van der Waals surface area (Å²) in [5.74, 6) is 1.08. The lowest BCUT2D eigenvalue weighted by atomic mass is 10.1. The summed E-state index contributed by atoms with van der Waals surface area (Å²) in [4.78, 5) is 12.7. The fourth-order valence-electron chi connectivity index (χ4n) is 2.52. The van der Waals surface area contributed by atoms with Gasteiger partial charge in [-0.15, -0.1) is 0 Å². The van der Waals surface area contributed by atoms with Crippen molar-refractivity contribution in [1.29, 1.82) is 0 Å². The number of nitrogens with two attached hydrogens (primary N) is 1. The van der Waals surface area contributed by atoms with Crippen molar-refractivity contribution in [3.8, 4) is 0 Å². The van der Waals surface area contributed by atoms with Gasteiger partial charge in [0, 0.05) is 11.6 Å². The van der Waals surface area contributed by atoms with Crippen LogP contribution in [0.2, 0.25) is 5.02 Å². The maximum atomic E-state index is 5.90. The van der Waals surface area contributed by atoms with Crippen molar-refractivity contribution >= 4 is 29.4 Å². The molecule has 4 N–H and O–H groups in total. The van der Waals surface area contributed by atoms with Gasteiger partial charge in [0.1, 0.15) is 0 Å². The van der Waals surface area contributed by atoms with E-state index in [2.05, 4.69) is 25.6 Å². The predicted molar refractivity (Wildman–Crippen MR) is 106 cm³/mol. The van der Waals surface area contributed by atoms with E-state index >= 15 is 0 Å². The maximum Gasteiger partial charge on any atom is 0.229 e. The molecule has 0 radical (unpaired) electrons. The fourth-order valence-corrected chi connectivity index (χ4v) is 2.65. The Kier molecular flexibility index (Phi) is 5.86. The topological polar surface area (TPSA) is 88.8 Å². The molecule has 0 saturated heterocycles. The third kappa shape index (κ3) is 5.07. The molecule has 0 spiro atoms. The molecule has 1 atom stereocenters. The summed E-state index contributed by atoms with van der Waals surface area (Å²) in [6.45, 7) is 2.72. The number of nitrogen functional groups attached to an aromatic ring is 1. The summed E-state index contributed by atoms with van der Waals surface area (Å²) in [6, 6.07) is 17.9. The zero-order valence-electron chi connectivity index (χ0n) is 14.5. The first-order valence-electron chi connectivity index (χ1n) is 8.41. The van der Waals surface area contributed by atoms with Crippen LogP contribution in [0.1, 0.15) is 24.1 Å². The average molecular weight is 369 g/mol. The van der Waals surface area contributed by atoms with Crippen molar-refractivity contribution in [1.82, 2.24) is 15.0 Å². The van der Waals surface area contributed by atoms with Crippen molar-refractivity contribution < 1.29 is 0 Å². The normalized spacial score (nSPS) is 11.8. The predicted octanol–water partition coefficient (Wildman–Crippen LogP) is 3.93. The summed E-state index contributed by atoms with van der Waals surface area (Å²) in [7, 11) is 0. The molecule has 1 aromatic heterocycles. The third-order valence-electron chi connectivity index (χ3n) is 3.91. The molecule has 0 aliphatic heterocycles. The molecule has 0 bridgehead atoms. The Hall–Kier alpha value is -2.86. The number of rotatable bonds is 7. The highest BCUT2D eigenvalue weighted by molar-refractivity contribution is 6.30. The van der Waals surface area contributed by atoms with Crippen LogP contribution in [0.4, 0.5) is 17.8 Å². The zero-order chi connectivity index (χ0) is 18.4. The summed E-state index contributed by atoms with van der Waals surface area (Å²) >= 11 is 5.90. The molecule has 3 rings (SSSR count). The van der Waals surface area contributed by atoms with Crippen LogP contribution >= 0.6 is 11.6 Å². The maximum absolute atomic E-state index is 5.90. The Labute approximate surface area is 157 Å². The number of halogens is 1. The second-order valence-corrected chi connectivity index (χ2v) is 6.36. The molecular formula is C19H21ClN6. The van der Waals surface area contributed by atoms with Gasteiger partial charge in [-0.3, -0.25) is 0 Å². The van der Waals surface area contributed by atoms with Gasteiger partial charge in [-0.05, 0) is 36.6 Å². The molecule has 0 aliphatic carbocycles. The minimum Gasteiger partial charge on any atom is -0.368 e. The van der Waals surface area contributed by atoms with Gasteiger partial charge in [-0.1, -0.05) is 54.1 Å². The van der Waals surface area contributed by atoms with Crippen molar-refractivity contribution in [2.45, 2.75) is 19.4 Å². The van der Waals surface area contributed by atoms with Crippen LogP contribution in [0.15, 0.2) is 54.6 Å². The molecule has 26 heavy (non-hydrogen) atoms. The fraction of sp³-hybridized carbons (Fsp3) is 0.211. The van der Waals surface area contributed by atoms with E-state index in [1.54, 1.807) is 0 Å². The largest absolute Gasteiger partial charge is 0.368 e. The molecule has 0 aliphatic rings. The smallest absolute Gasteiger partial charge is 0.229 e. The van der Waals surface area contributed by atoms with Gasteiger partial charge >= 0.3 is 0 Å². The first-order valence-corrected chi connectivity index (χ1v) is 8.79. The van der Waals surface area contributed by atoms with Crippen LogP contribution in [0, 0.1) is 0 Å². The Bertz CT molecular complexity index is 838. The Morgan fingerprint density at radius 3 is 2.38 bits per heavy atom. The molecule has 3 aromatic rings. The van der Waals surface area contributed by atoms with E-state index in [0.29, 0.717) is 18.4 Å². The van der Waals surface area contributed by atoms with Crippen molar-refractivity contribution in [2.75, 3.05) is 22.9 Å². The van der Waals surface area contributed by atoms with Crippen LogP contribution < -0.4 is 16.4 Å². The molecule has 1 heterocycles. The molecule has 0 unspecified atom stereocenters. The number of hydrogen-bond donors (Lipinski definition) is 3. The highest BCUT2D eigenvalue weighted by Gasteiger charge is 2.09. The van der Waals surface area contributed by atoms with Crippen molar-refractivity contribution in [3.05, 3.63) is 70.7 Å². The molecule has 0 saturated carbocycles. The van der Waals surface area contributed by atoms with Crippen molar-refractivity contribution in [2.24, 2.45) is 0 Å². The van der Waals surface area contributed by atoms with Crippen LogP contribution in [0.25, 0.3) is 0 Å².